The van der Waals surface area contributed by atoms with Crippen molar-refractivity contribution >= 4 is 34.5 Å². The molecule has 0 bridgehead atoms. The Bertz CT molecular complexity index is 1460. The summed E-state index contributed by atoms with van der Waals surface area (Å²) in [5.41, 5.74) is 5.55. The van der Waals surface area contributed by atoms with Crippen molar-refractivity contribution in [1.29, 1.82) is 0 Å². The van der Waals surface area contributed by atoms with Crippen LogP contribution in [0.2, 0.25) is 0 Å². The van der Waals surface area contributed by atoms with E-state index in [4.69, 9.17) is 0 Å². The summed E-state index contributed by atoms with van der Waals surface area (Å²) in [4.78, 5) is 42.4. The minimum absolute atomic E-state index is 0.413. The Balaban J connectivity index is 1.22. The number of nitrogens with one attached hydrogen (secondary N) is 1. The zero-order chi connectivity index (χ0) is 23.9. The van der Waals surface area contributed by atoms with Gasteiger partial charge in [0.25, 0.3) is 11.7 Å². The summed E-state index contributed by atoms with van der Waals surface area (Å²) < 4.78 is 1.89. The molecule has 4 aromatic rings. The second-order valence-electron chi connectivity index (χ2n) is 9.08. The van der Waals surface area contributed by atoms with Crippen LogP contribution in [0.1, 0.15) is 33.5 Å². The molecule has 176 valence electrons. The number of rotatable bonds is 4. The van der Waals surface area contributed by atoms with Crippen LogP contribution in [0.15, 0.2) is 55.4 Å². The predicted octanol–water partition coefficient (Wildman–Crippen LogP) is 3.55. The Morgan fingerprint density at radius 3 is 2.71 bits per heavy atom. The van der Waals surface area contributed by atoms with Crippen LogP contribution in [0, 0.1) is 6.92 Å². The fraction of sp³-hybridized carbons (Fsp3) is 0.259. The van der Waals surface area contributed by atoms with Crippen molar-refractivity contribution in [2.45, 2.75) is 19.8 Å². The van der Waals surface area contributed by atoms with Crippen LogP contribution in [0.25, 0.3) is 22.7 Å². The maximum Gasteiger partial charge on any atom is 0.295 e. The van der Waals surface area contributed by atoms with Crippen molar-refractivity contribution in [2.24, 2.45) is 0 Å². The fourth-order valence-electron chi connectivity index (χ4n) is 5.17. The Morgan fingerprint density at radius 1 is 1.06 bits per heavy atom. The number of ketones is 1. The molecule has 8 nitrogen and oxygen atoms in total. The van der Waals surface area contributed by atoms with Gasteiger partial charge in [-0.25, -0.2) is 9.97 Å². The van der Waals surface area contributed by atoms with Gasteiger partial charge in [0.2, 0.25) is 0 Å². The number of anilines is 1. The van der Waals surface area contributed by atoms with Gasteiger partial charge in [-0.2, -0.15) is 0 Å². The summed E-state index contributed by atoms with van der Waals surface area (Å²) in [5.74, 6) is 0.0332. The highest BCUT2D eigenvalue weighted by molar-refractivity contribution is 6.45. The van der Waals surface area contributed by atoms with E-state index in [-0.39, 0.29) is 0 Å². The van der Waals surface area contributed by atoms with Crippen molar-refractivity contribution < 1.29 is 9.59 Å². The number of imidazole rings is 1. The lowest BCUT2D eigenvalue weighted by Gasteiger charge is -2.36. The average Bonchev–Trinajstić information content (AvgIpc) is 3.59. The van der Waals surface area contributed by atoms with E-state index in [0.717, 1.165) is 40.8 Å². The quantitative estimate of drug-likeness (QED) is 0.367. The number of carbonyl (C=O) groups excluding carboxylic acids is 2. The van der Waals surface area contributed by atoms with Gasteiger partial charge in [-0.05, 0) is 43.0 Å². The SMILES string of the molecule is Cc1ccc(-n2ccnc2)c2[nH]cc(C(=O)C(=O)N3CCN(c4nccc5c4C=CCC5)CC3)c12. The zero-order valence-corrected chi connectivity index (χ0v) is 19.6. The van der Waals surface area contributed by atoms with E-state index in [9.17, 15) is 9.59 Å². The summed E-state index contributed by atoms with van der Waals surface area (Å²) in [5, 5.41) is 0.778. The molecule has 35 heavy (non-hydrogen) atoms. The topological polar surface area (TPSA) is 87.1 Å². The number of hydrogen-bond donors (Lipinski definition) is 1. The lowest BCUT2D eigenvalue weighted by Crippen LogP contribution is -2.51. The maximum absolute atomic E-state index is 13.3. The lowest BCUT2D eigenvalue weighted by atomic mass is 9.98. The minimum atomic E-state index is -0.478. The van der Waals surface area contributed by atoms with Crippen molar-refractivity contribution in [3.8, 4) is 5.69 Å². The molecule has 0 radical (unpaired) electrons. The molecule has 1 amide bonds. The molecule has 1 fully saturated rings. The highest BCUT2D eigenvalue weighted by atomic mass is 16.2. The first-order chi connectivity index (χ1) is 17.1. The van der Waals surface area contributed by atoms with Crippen LogP contribution in [-0.4, -0.2) is 62.3 Å². The van der Waals surface area contributed by atoms with Gasteiger partial charge >= 0.3 is 0 Å². The molecule has 1 N–H and O–H groups in total. The number of aryl methyl sites for hydroxylation is 2. The third kappa shape index (κ3) is 3.62. The number of Topliss-reactive ketones (excluding diaryl/α,β-unsaturated/α-hetero) is 1. The van der Waals surface area contributed by atoms with Gasteiger partial charge < -0.3 is 19.4 Å². The Morgan fingerprint density at radius 2 is 1.91 bits per heavy atom. The van der Waals surface area contributed by atoms with E-state index in [1.165, 1.54) is 11.1 Å². The van der Waals surface area contributed by atoms with Gasteiger partial charge in [-0.15, -0.1) is 0 Å². The Labute approximate surface area is 202 Å². The Hall–Kier alpha value is -4.20. The Kier molecular flexibility index (Phi) is 5.21. The largest absolute Gasteiger partial charge is 0.359 e. The number of amides is 1. The van der Waals surface area contributed by atoms with E-state index >= 15 is 0 Å². The molecule has 3 aromatic heterocycles. The summed E-state index contributed by atoms with van der Waals surface area (Å²) in [6.45, 7) is 4.22. The molecule has 0 saturated carbocycles. The molecular formula is C27H26N6O2. The van der Waals surface area contributed by atoms with Crippen LogP contribution >= 0.6 is 0 Å². The smallest absolute Gasteiger partial charge is 0.295 e. The normalized spacial score (nSPS) is 15.5. The number of pyridine rings is 1. The molecular weight excluding hydrogens is 440 g/mol. The lowest BCUT2D eigenvalue weighted by molar-refractivity contribution is -0.126. The van der Waals surface area contributed by atoms with E-state index < -0.39 is 11.7 Å². The first kappa shape index (κ1) is 21.3. The molecule has 2 aliphatic rings. The third-order valence-electron chi connectivity index (χ3n) is 7.03. The average molecular weight is 467 g/mol. The zero-order valence-electron chi connectivity index (χ0n) is 19.6. The summed E-state index contributed by atoms with van der Waals surface area (Å²) in [6, 6.07) is 6.03. The van der Waals surface area contributed by atoms with Crippen LogP contribution in [0.4, 0.5) is 5.82 Å². The third-order valence-corrected chi connectivity index (χ3v) is 7.03. The van der Waals surface area contributed by atoms with Crippen LogP contribution in [0.5, 0.6) is 0 Å². The van der Waals surface area contributed by atoms with Gasteiger partial charge in [0.05, 0.1) is 23.1 Å². The second-order valence-corrected chi connectivity index (χ2v) is 9.08. The first-order valence-corrected chi connectivity index (χ1v) is 11.9. The number of aromatic amines is 1. The van der Waals surface area contributed by atoms with Crippen LogP contribution in [0.3, 0.4) is 0 Å². The number of H-pyrrole nitrogens is 1. The predicted molar refractivity (Wildman–Crippen MR) is 135 cm³/mol. The monoisotopic (exact) mass is 466 g/mol. The number of carbonyl (C=O) groups is 2. The van der Waals surface area contributed by atoms with Gasteiger partial charge in [0.1, 0.15) is 5.82 Å². The van der Waals surface area contributed by atoms with Crippen molar-refractivity contribution in [2.75, 3.05) is 31.1 Å². The molecule has 0 spiro atoms. The number of fused-ring (bicyclic) bond motifs is 2. The maximum atomic E-state index is 13.3. The number of hydrogen-bond acceptors (Lipinski definition) is 5. The highest BCUT2D eigenvalue weighted by Crippen LogP contribution is 2.30. The van der Waals surface area contributed by atoms with Gasteiger partial charge in [-0.3, -0.25) is 9.59 Å². The summed E-state index contributed by atoms with van der Waals surface area (Å²) in [7, 11) is 0. The van der Waals surface area contributed by atoms with Gasteiger partial charge in [-0.1, -0.05) is 18.2 Å². The van der Waals surface area contributed by atoms with Crippen molar-refractivity contribution in [3.63, 3.8) is 0 Å². The van der Waals surface area contributed by atoms with E-state index in [1.807, 2.05) is 36.0 Å². The molecule has 8 heteroatoms. The number of aromatic nitrogens is 4. The molecule has 1 aromatic carbocycles. The molecule has 1 aliphatic heterocycles. The van der Waals surface area contributed by atoms with E-state index in [0.29, 0.717) is 31.7 Å². The first-order valence-electron chi connectivity index (χ1n) is 11.9. The summed E-state index contributed by atoms with van der Waals surface area (Å²) >= 11 is 0. The van der Waals surface area contributed by atoms with Crippen molar-refractivity contribution in [3.05, 3.63) is 77.6 Å². The number of piperazine rings is 1. The number of allylic oxidation sites excluding steroid dienone is 1. The van der Waals surface area contributed by atoms with Gasteiger partial charge in [0, 0.05) is 61.9 Å². The molecule has 0 atom stereocenters. The fourth-order valence-corrected chi connectivity index (χ4v) is 5.17. The van der Waals surface area contributed by atoms with Crippen molar-refractivity contribution in [1.82, 2.24) is 24.4 Å². The molecule has 1 aliphatic carbocycles. The molecule has 4 heterocycles. The van der Waals surface area contributed by atoms with Crippen LogP contribution in [-0.2, 0) is 11.2 Å². The second kappa shape index (κ2) is 8.54. The summed E-state index contributed by atoms with van der Waals surface area (Å²) in [6.07, 6.45) is 15.2. The standard InChI is InChI=1S/C27H26N6O2/c1-18-6-7-22(33-11-10-28-17-33)24-23(18)21(16-30-24)25(34)27(35)32-14-12-31(13-15-32)26-20-5-3-2-4-19(20)8-9-29-26/h3,5-11,16-17,30H,2,4,12-15H2,1H3. The van der Waals surface area contributed by atoms with Gasteiger partial charge in [0.15, 0.2) is 0 Å². The van der Waals surface area contributed by atoms with E-state index in [2.05, 4.69) is 38.1 Å². The van der Waals surface area contributed by atoms with E-state index in [1.54, 1.807) is 23.6 Å². The molecule has 0 unspecified atom stereocenters. The highest BCUT2D eigenvalue weighted by Gasteiger charge is 2.30. The molecule has 1 saturated heterocycles. The van der Waals surface area contributed by atoms with Crippen LogP contribution < -0.4 is 4.90 Å². The minimum Gasteiger partial charge on any atom is -0.359 e. The molecule has 6 rings (SSSR count). The number of benzene rings is 1. The number of nitrogens with zero attached hydrogens (tertiary/aromatic N) is 5.